The quantitative estimate of drug-likeness (QED) is 0.597. The van der Waals surface area contributed by atoms with Crippen molar-refractivity contribution in [1.29, 1.82) is 0 Å². The van der Waals surface area contributed by atoms with Crippen molar-refractivity contribution in [3.8, 4) is 5.75 Å². The predicted octanol–water partition coefficient (Wildman–Crippen LogP) is 3.38. The molecular weight excluding hydrogens is 368 g/mol. The molecule has 0 fully saturated rings. The molecule has 0 heterocycles. The summed E-state index contributed by atoms with van der Waals surface area (Å²) in [6.07, 6.45) is -2.62. The van der Waals surface area contributed by atoms with Crippen molar-refractivity contribution in [2.75, 3.05) is 13.7 Å². The minimum Gasteiger partial charge on any atom is -0.487 e. The monoisotopic (exact) mass is 376 g/mol. The van der Waals surface area contributed by atoms with Crippen LogP contribution in [0.2, 0.25) is 5.02 Å². The van der Waals surface area contributed by atoms with E-state index in [4.69, 9.17) is 16.3 Å². The standard InChI is InChI=1S/C10H8ClF2IO3/c1-16-10(15)5-2-6(11)7(14)3-8(5)17-4-9(12)13/h2-3,9H,4H2,1H3. The molecule has 0 N–H and O–H groups in total. The van der Waals surface area contributed by atoms with E-state index < -0.39 is 19.0 Å². The summed E-state index contributed by atoms with van der Waals surface area (Å²) in [5.41, 5.74) is 0.0265. The number of halogens is 4. The highest BCUT2D eigenvalue weighted by molar-refractivity contribution is 14.1. The van der Waals surface area contributed by atoms with Gasteiger partial charge in [-0.25, -0.2) is 13.6 Å². The molecule has 0 aliphatic rings. The zero-order chi connectivity index (χ0) is 13.0. The van der Waals surface area contributed by atoms with E-state index in [1.165, 1.54) is 19.2 Å². The van der Waals surface area contributed by atoms with E-state index in [0.29, 0.717) is 8.59 Å². The van der Waals surface area contributed by atoms with Crippen LogP contribution in [0.4, 0.5) is 8.78 Å². The van der Waals surface area contributed by atoms with Crippen LogP contribution in [0.3, 0.4) is 0 Å². The maximum atomic E-state index is 12.0. The first-order valence-electron chi connectivity index (χ1n) is 4.44. The average molecular weight is 377 g/mol. The summed E-state index contributed by atoms with van der Waals surface area (Å²) in [5.74, 6) is -0.654. The fraction of sp³-hybridized carbons (Fsp3) is 0.300. The summed E-state index contributed by atoms with van der Waals surface area (Å²) in [7, 11) is 1.19. The molecule has 3 nitrogen and oxygen atoms in total. The number of rotatable bonds is 4. The van der Waals surface area contributed by atoms with Crippen molar-refractivity contribution >= 4 is 40.2 Å². The molecule has 0 atom stereocenters. The lowest BCUT2D eigenvalue weighted by Crippen LogP contribution is -2.11. The minimum atomic E-state index is -2.62. The lowest BCUT2D eigenvalue weighted by atomic mass is 10.2. The summed E-state index contributed by atoms with van der Waals surface area (Å²) in [5, 5.41) is 0.329. The molecular formula is C10H8ClF2IO3. The third-order valence-corrected chi connectivity index (χ3v) is 3.32. The Morgan fingerprint density at radius 2 is 2.18 bits per heavy atom. The maximum Gasteiger partial charge on any atom is 0.341 e. The molecule has 0 saturated carbocycles. The van der Waals surface area contributed by atoms with E-state index in [0.717, 1.165) is 0 Å². The van der Waals surface area contributed by atoms with Crippen molar-refractivity contribution in [3.05, 3.63) is 26.3 Å². The highest BCUT2D eigenvalue weighted by atomic mass is 127. The summed E-state index contributed by atoms with van der Waals surface area (Å²) in [4.78, 5) is 11.4. The van der Waals surface area contributed by atoms with Gasteiger partial charge in [-0.1, -0.05) is 11.6 Å². The van der Waals surface area contributed by atoms with Crippen LogP contribution in [0.5, 0.6) is 5.75 Å². The van der Waals surface area contributed by atoms with Crippen LogP contribution in [0.25, 0.3) is 0 Å². The van der Waals surface area contributed by atoms with E-state index in [1.807, 2.05) is 22.6 Å². The Morgan fingerprint density at radius 1 is 1.53 bits per heavy atom. The van der Waals surface area contributed by atoms with Crippen LogP contribution in [-0.4, -0.2) is 26.1 Å². The third-order valence-electron chi connectivity index (χ3n) is 1.79. The van der Waals surface area contributed by atoms with E-state index in [1.54, 1.807) is 0 Å². The molecule has 0 aliphatic heterocycles. The minimum absolute atomic E-state index is 0.0265. The average Bonchev–Trinajstić information content (AvgIpc) is 2.29. The van der Waals surface area contributed by atoms with Gasteiger partial charge in [0.1, 0.15) is 17.9 Å². The summed E-state index contributed by atoms with van der Waals surface area (Å²) >= 11 is 7.74. The van der Waals surface area contributed by atoms with Crippen LogP contribution in [0, 0.1) is 3.57 Å². The van der Waals surface area contributed by atoms with Gasteiger partial charge in [0.25, 0.3) is 6.43 Å². The van der Waals surface area contributed by atoms with Crippen LogP contribution >= 0.6 is 34.2 Å². The van der Waals surface area contributed by atoms with Crippen LogP contribution in [-0.2, 0) is 4.74 Å². The fourth-order valence-electron chi connectivity index (χ4n) is 1.07. The molecule has 0 aromatic heterocycles. The lowest BCUT2D eigenvalue weighted by Gasteiger charge is -2.11. The summed E-state index contributed by atoms with van der Waals surface area (Å²) in [6.45, 7) is -0.790. The van der Waals surface area contributed by atoms with Gasteiger partial charge in [-0.2, -0.15) is 0 Å². The van der Waals surface area contributed by atoms with Gasteiger partial charge in [0.05, 0.1) is 12.1 Å². The second-order valence-electron chi connectivity index (χ2n) is 2.96. The van der Waals surface area contributed by atoms with E-state index in [-0.39, 0.29) is 11.3 Å². The van der Waals surface area contributed by atoms with Gasteiger partial charge >= 0.3 is 5.97 Å². The van der Waals surface area contributed by atoms with Crippen LogP contribution < -0.4 is 4.74 Å². The van der Waals surface area contributed by atoms with Crippen LogP contribution in [0.15, 0.2) is 12.1 Å². The number of esters is 1. The highest BCUT2D eigenvalue weighted by Gasteiger charge is 2.17. The SMILES string of the molecule is COC(=O)c1cc(Cl)c(I)cc1OCC(F)F. The third kappa shape index (κ3) is 3.95. The molecule has 0 spiro atoms. The molecule has 0 amide bonds. The molecule has 0 saturated heterocycles. The second kappa shape index (κ2) is 6.34. The van der Waals surface area contributed by atoms with Crippen molar-refractivity contribution in [2.24, 2.45) is 0 Å². The summed E-state index contributed by atoms with van der Waals surface area (Å²) in [6, 6.07) is 2.74. The van der Waals surface area contributed by atoms with Crippen LogP contribution in [0.1, 0.15) is 10.4 Å². The number of hydrogen-bond acceptors (Lipinski definition) is 3. The fourth-order valence-corrected chi connectivity index (χ4v) is 1.67. The molecule has 7 heteroatoms. The summed E-state index contributed by atoms with van der Waals surface area (Å²) < 4.78 is 34.0. The molecule has 1 aromatic carbocycles. The number of ether oxygens (including phenoxy) is 2. The first kappa shape index (κ1) is 14.4. The zero-order valence-electron chi connectivity index (χ0n) is 8.68. The van der Waals surface area contributed by atoms with Gasteiger partial charge in [-0.15, -0.1) is 0 Å². The Bertz CT molecular complexity index is 426. The Kier molecular flexibility index (Phi) is 5.38. The molecule has 1 rings (SSSR count). The largest absolute Gasteiger partial charge is 0.487 e. The van der Waals surface area contributed by atoms with Gasteiger partial charge in [0.2, 0.25) is 0 Å². The van der Waals surface area contributed by atoms with E-state index in [9.17, 15) is 13.6 Å². The van der Waals surface area contributed by atoms with Crippen molar-refractivity contribution < 1.29 is 23.0 Å². The molecule has 17 heavy (non-hydrogen) atoms. The number of carbonyl (C=O) groups is 1. The number of carbonyl (C=O) groups excluding carboxylic acids is 1. The number of benzene rings is 1. The molecule has 1 aromatic rings. The van der Waals surface area contributed by atoms with Gasteiger partial charge in [-0.3, -0.25) is 0 Å². The topological polar surface area (TPSA) is 35.5 Å². The Balaban J connectivity index is 3.07. The molecule has 0 aliphatic carbocycles. The van der Waals surface area contributed by atoms with Crippen molar-refractivity contribution in [2.45, 2.75) is 6.43 Å². The number of methoxy groups -OCH3 is 1. The van der Waals surface area contributed by atoms with Gasteiger partial charge in [-0.05, 0) is 34.7 Å². The van der Waals surface area contributed by atoms with Gasteiger partial charge in [0.15, 0.2) is 0 Å². The molecule has 0 radical (unpaired) electrons. The number of alkyl halides is 2. The molecule has 0 bridgehead atoms. The molecule has 0 unspecified atom stereocenters. The van der Waals surface area contributed by atoms with Gasteiger partial charge in [0, 0.05) is 3.57 Å². The van der Waals surface area contributed by atoms with Gasteiger partial charge < -0.3 is 9.47 Å². The number of hydrogen-bond donors (Lipinski definition) is 0. The normalized spacial score (nSPS) is 10.5. The lowest BCUT2D eigenvalue weighted by molar-refractivity contribution is 0.0578. The first-order chi connectivity index (χ1) is 7.95. The zero-order valence-corrected chi connectivity index (χ0v) is 11.6. The highest BCUT2D eigenvalue weighted by Crippen LogP contribution is 2.29. The smallest absolute Gasteiger partial charge is 0.341 e. The molecule has 94 valence electrons. The Labute approximate surface area is 115 Å². The second-order valence-corrected chi connectivity index (χ2v) is 4.53. The van der Waals surface area contributed by atoms with E-state index in [2.05, 4.69) is 4.74 Å². The predicted molar refractivity (Wildman–Crippen MR) is 67.0 cm³/mol. The first-order valence-corrected chi connectivity index (χ1v) is 5.89. The van der Waals surface area contributed by atoms with E-state index >= 15 is 0 Å². The maximum absolute atomic E-state index is 12.0. The Morgan fingerprint density at radius 3 is 2.71 bits per heavy atom. The van der Waals surface area contributed by atoms with Crippen molar-refractivity contribution in [3.63, 3.8) is 0 Å². The Hall–Kier alpha value is -0.630. The van der Waals surface area contributed by atoms with Crippen molar-refractivity contribution in [1.82, 2.24) is 0 Å².